The molecule has 1 saturated heterocycles. The Morgan fingerprint density at radius 1 is 1.09 bits per heavy atom. The first-order valence-electron chi connectivity index (χ1n) is 11.3. The highest BCUT2D eigenvalue weighted by atomic mass is 35.5. The number of hydrogen-bond acceptors (Lipinski definition) is 5. The van der Waals surface area contributed by atoms with Crippen LogP contribution in [0.3, 0.4) is 0 Å². The fraction of sp³-hybridized carbons (Fsp3) is 0.400. The quantitative estimate of drug-likeness (QED) is 0.515. The average molecular weight is 470 g/mol. The highest BCUT2D eigenvalue weighted by Crippen LogP contribution is 2.25. The lowest BCUT2D eigenvalue weighted by Gasteiger charge is -2.20. The normalized spacial score (nSPS) is 14.2. The van der Waals surface area contributed by atoms with Gasteiger partial charge in [-0.25, -0.2) is 14.2 Å². The van der Waals surface area contributed by atoms with Crippen molar-refractivity contribution in [2.45, 2.75) is 40.2 Å². The van der Waals surface area contributed by atoms with Crippen LogP contribution in [0.1, 0.15) is 41.3 Å². The van der Waals surface area contributed by atoms with E-state index in [0.717, 1.165) is 30.5 Å². The van der Waals surface area contributed by atoms with Gasteiger partial charge in [0.25, 0.3) is 5.56 Å². The van der Waals surface area contributed by atoms with Crippen molar-refractivity contribution in [2.24, 2.45) is 0 Å². The highest BCUT2D eigenvalue weighted by molar-refractivity contribution is 6.32. The lowest BCUT2D eigenvalue weighted by molar-refractivity contribution is 0.0525. The molecular weight excluding hydrogens is 442 g/mol. The predicted octanol–water partition coefficient (Wildman–Crippen LogP) is 3.70. The summed E-state index contributed by atoms with van der Waals surface area (Å²) in [6, 6.07) is 8.53. The fourth-order valence-electron chi connectivity index (χ4n) is 4.69. The van der Waals surface area contributed by atoms with Gasteiger partial charge in [0.05, 0.1) is 33.8 Å². The summed E-state index contributed by atoms with van der Waals surface area (Å²) in [6.45, 7) is 8.64. The number of carbonyl (C=O) groups is 1. The van der Waals surface area contributed by atoms with E-state index in [4.69, 9.17) is 16.3 Å². The number of esters is 1. The molecule has 2 aromatic carbocycles. The number of nitrogens with zero attached hydrogens (tertiary/aromatic N) is 3. The van der Waals surface area contributed by atoms with Crippen LogP contribution in [0.15, 0.2) is 39.9 Å². The molecule has 8 heteroatoms. The zero-order chi connectivity index (χ0) is 23.7. The van der Waals surface area contributed by atoms with Crippen LogP contribution in [0.5, 0.6) is 0 Å². The molecule has 0 N–H and O–H groups in total. The number of fused-ring (bicyclic) bond motifs is 1. The van der Waals surface area contributed by atoms with Gasteiger partial charge in [-0.05, 0) is 76.0 Å². The van der Waals surface area contributed by atoms with Crippen molar-refractivity contribution >= 4 is 28.5 Å². The van der Waals surface area contributed by atoms with Crippen molar-refractivity contribution in [2.75, 3.05) is 26.2 Å². The zero-order valence-electron chi connectivity index (χ0n) is 19.2. The van der Waals surface area contributed by atoms with Crippen molar-refractivity contribution < 1.29 is 9.53 Å². The number of hydrogen-bond donors (Lipinski definition) is 0. The molecule has 0 spiro atoms. The number of likely N-dealkylation sites (tertiary alicyclic amines) is 1. The van der Waals surface area contributed by atoms with E-state index < -0.39 is 17.2 Å². The van der Waals surface area contributed by atoms with Gasteiger partial charge in [-0.15, -0.1) is 0 Å². The third kappa shape index (κ3) is 4.23. The number of carbonyl (C=O) groups excluding carboxylic acids is 1. The van der Waals surface area contributed by atoms with Crippen LogP contribution in [0.2, 0.25) is 5.02 Å². The molecule has 1 fully saturated rings. The van der Waals surface area contributed by atoms with E-state index >= 15 is 0 Å². The van der Waals surface area contributed by atoms with Gasteiger partial charge in [0.1, 0.15) is 0 Å². The second-order valence-corrected chi connectivity index (χ2v) is 8.79. The summed E-state index contributed by atoms with van der Waals surface area (Å²) < 4.78 is 7.99. The third-order valence-electron chi connectivity index (χ3n) is 6.30. The van der Waals surface area contributed by atoms with Crippen molar-refractivity contribution in [3.05, 3.63) is 72.9 Å². The van der Waals surface area contributed by atoms with E-state index in [0.29, 0.717) is 51.4 Å². The molecule has 0 saturated carbocycles. The lowest BCUT2D eigenvalue weighted by Crippen LogP contribution is -2.41. The summed E-state index contributed by atoms with van der Waals surface area (Å²) >= 11 is 6.38. The Labute approximate surface area is 197 Å². The number of halogens is 1. The van der Waals surface area contributed by atoms with Crippen LogP contribution in [-0.2, 0) is 11.3 Å². The Bertz CT molecular complexity index is 1340. The number of benzene rings is 2. The summed E-state index contributed by atoms with van der Waals surface area (Å²) in [4.78, 5) is 42.4. The van der Waals surface area contributed by atoms with E-state index in [1.807, 2.05) is 0 Å². The van der Waals surface area contributed by atoms with Gasteiger partial charge in [0, 0.05) is 13.1 Å². The standard InChI is InChI=1S/C25H28ClN3O4/c1-4-33-24(31)21-16(2)15-20-22(17(21)3)23(30)29(19-10-6-5-9-18(19)26)25(32)28(20)14-13-27-11-7-8-12-27/h5-6,9-10,15H,4,7-8,11-14H2,1-3H3. The Kier molecular flexibility index (Phi) is 6.72. The zero-order valence-corrected chi connectivity index (χ0v) is 19.9. The minimum atomic E-state index is -0.497. The van der Waals surface area contributed by atoms with Crippen LogP contribution in [-0.4, -0.2) is 46.2 Å². The number of rotatable bonds is 6. The first-order valence-corrected chi connectivity index (χ1v) is 11.7. The number of ether oxygens (including phenoxy) is 1. The van der Waals surface area contributed by atoms with Crippen molar-refractivity contribution in [3.63, 3.8) is 0 Å². The van der Waals surface area contributed by atoms with Crippen LogP contribution in [0.25, 0.3) is 16.6 Å². The second-order valence-electron chi connectivity index (χ2n) is 8.38. The van der Waals surface area contributed by atoms with E-state index in [2.05, 4.69) is 4.90 Å². The molecule has 33 heavy (non-hydrogen) atoms. The Hall–Kier alpha value is -2.90. The number of aromatic nitrogens is 2. The van der Waals surface area contributed by atoms with Gasteiger partial charge >= 0.3 is 11.7 Å². The summed E-state index contributed by atoms with van der Waals surface area (Å²) in [6.07, 6.45) is 2.30. The molecule has 3 aromatic rings. The third-order valence-corrected chi connectivity index (χ3v) is 6.61. The molecule has 4 rings (SSSR count). The molecule has 0 atom stereocenters. The molecule has 1 aliphatic heterocycles. The molecular formula is C25H28ClN3O4. The lowest BCUT2D eigenvalue weighted by atomic mass is 9.98. The summed E-state index contributed by atoms with van der Waals surface area (Å²) in [5.41, 5.74) is 1.44. The van der Waals surface area contributed by atoms with Gasteiger partial charge < -0.3 is 9.64 Å². The van der Waals surface area contributed by atoms with Crippen LogP contribution >= 0.6 is 11.6 Å². The Balaban J connectivity index is 2.03. The molecule has 1 aromatic heterocycles. The Morgan fingerprint density at radius 2 is 1.79 bits per heavy atom. The van der Waals surface area contributed by atoms with E-state index in [1.165, 1.54) is 0 Å². The monoisotopic (exact) mass is 469 g/mol. The fourth-order valence-corrected chi connectivity index (χ4v) is 4.91. The molecule has 0 aliphatic carbocycles. The Morgan fingerprint density at radius 3 is 2.45 bits per heavy atom. The summed E-state index contributed by atoms with van der Waals surface area (Å²) in [5, 5.41) is 0.627. The summed E-state index contributed by atoms with van der Waals surface area (Å²) in [7, 11) is 0. The van der Waals surface area contributed by atoms with Gasteiger partial charge in [0.2, 0.25) is 0 Å². The topological polar surface area (TPSA) is 73.5 Å². The SMILES string of the molecule is CCOC(=O)c1c(C)cc2c(c1C)c(=O)n(-c1ccccc1Cl)c(=O)n2CCN1CCCC1. The first kappa shape index (κ1) is 23.3. The molecule has 174 valence electrons. The molecule has 0 unspecified atom stereocenters. The van der Waals surface area contributed by atoms with Gasteiger partial charge in [-0.1, -0.05) is 23.7 Å². The van der Waals surface area contributed by atoms with Gasteiger partial charge in [0.15, 0.2) is 0 Å². The van der Waals surface area contributed by atoms with E-state index in [1.54, 1.807) is 55.7 Å². The summed E-state index contributed by atoms with van der Waals surface area (Å²) in [5.74, 6) is -0.479. The molecule has 0 amide bonds. The smallest absolute Gasteiger partial charge is 0.338 e. The van der Waals surface area contributed by atoms with E-state index in [9.17, 15) is 14.4 Å². The molecule has 7 nitrogen and oxygen atoms in total. The van der Waals surface area contributed by atoms with Crippen LogP contribution in [0.4, 0.5) is 0 Å². The average Bonchev–Trinajstić information content (AvgIpc) is 3.28. The van der Waals surface area contributed by atoms with Crippen molar-refractivity contribution in [1.82, 2.24) is 14.0 Å². The predicted molar refractivity (Wildman–Crippen MR) is 130 cm³/mol. The molecule has 0 radical (unpaired) electrons. The van der Waals surface area contributed by atoms with Crippen LogP contribution in [0, 0.1) is 13.8 Å². The maximum absolute atomic E-state index is 13.7. The van der Waals surface area contributed by atoms with Gasteiger partial charge in [-0.2, -0.15) is 0 Å². The van der Waals surface area contributed by atoms with Crippen LogP contribution < -0.4 is 11.2 Å². The molecule has 1 aliphatic rings. The van der Waals surface area contributed by atoms with Crippen molar-refractivity contribution in [3.8, 4) is 5.69 Å². The number of para-hydroxylation sites is 1. The van der Waals surface area contributed by atoms with Crippen molar-refractivity contribution in [1.29, 1.82) is 0 Å². The largest absolute Gasteiger partial charge is 0.462 e. The minimum Gasteiger partial charge on any atom is -0.462 e. The van der Waals surface area contributed by atoms with Gasteiger partial charge in [-0.3, -0.25) is 9.36 Å². The first-order chi connectivity index (χ1) is 15.8. The maximum Gasteiger partial charge on any atom is 0.338 e. The molecule has 0 bridgehead atoms. The minimum absolute atomic E-state index is 0.231. The highest BCUT2D eigenvalue weighted by Gasteiger charge is 2.24. The van der Waals surface area contributed by atoms with E-state index in [-0.39, 0.29) is 6.61 Å². The maximum atomic E-state index is 13.7. The number of aryl methyl sites for hydroxylation is 2. The molecule has 2 heterocycles. The second kappa shape index (κ2) is 9.53.